The molecule has 0 amide bonds. The Balaban J connectivity index is 2.90. The second-order valence-electron chi connectivity index (χ2n) is 2.32. The van der Waals surface area contributed by atoms with E-state index < -0.39 is 0 Å². The largest absolute Gasteiger partial charge is 0.405 e. The fraction of sp³-hybridized carbons (Fsp3) is 0. The molecule has 2 nitrogen and oxygen atoms in total. The summed E-state index contributed by atoms with van der Waals surface area (Å²) in [5.74, 6) is 0. The van der Waals surface area contributed by atoms with Gasteiger partial charge in [0, 0.05) is 4.90 Å². The molecule has 0 bridgehead atoms. The maximum absolute atomic E-state index is 7.51. The Morgan fingerprint density at radius 2 is 1.92 bits per heavy atom. The van der Waals surface area contributed by atoms with E-state index in [4.69, 9.17) is 11.1 Å². The molecule has 0 saturated carbocycles. The Hall–Kier alpha value is -1.22. The number of benzene rings is 1. The Morgan fingerprint density at radius 1 is 1.33 bits per heavy atom. The van der Waals surface area contributed by atoms with Gasteiger partial charge in [-0.25, -0.2) is 0 Å². The molecule has 0 saturated heterocycles. The first-order valence-corrected chi connectivity index (χ1v) is 3.95. The van der Waals surface area contributed by atoms with E-state index in [2.05, 4.69) is 12.6 Å². The molecular formula is C9H10N2S. The molecule has 0 unspecified atom stereocenters. The third-order valence-corrected chi connectivity index (χ3v) is 1.74. The lowest BCUT2D eigenvalue weighted by atomic mass is 10.1. The zero-order chi connectivity index (χ0) is 8.97. The molecule has 3 N–H and O–H groups in total. The van der Waals surface area contributed by atoms with Gasteiger partial charge in [-0.05, 0) is 30.0 Å². The van der Waals surface area contributed by atoms with Crippen molar-refractivity contribution in [3.05, 3.63) is 42.1 Å². The van der Waals surface area contributed by atoms with Crippen LogP contribution < -0.4 is 5.73 Å². The molecule has 12 heavy (non-hydrogen) atoms. The highest BCUT2D eigenvalue weighted by Gasteiger charge is 1.94. The van der Waals surface area contributed by atoms with E-state index in [-0.39, 0.29) is 0 Å². The number of nitrogens with two attached hydrogens (primary N) is 1. The zero-order valence-electron chi connectivity index (χ0n) is 6.49. The summed E-state index contributed by atoms with van der Waals surface area (Å²) >= 11 is 4.14. The first-order chi connectivity index (χ1) is 5.74. The lowest BCUT2D eigenvalue weighted by molar-refractivity contribution is 1.43. The highest BCUT2D eigenvalue weighted by Crippen LogP contribution is 2.08. The van der Waals surface area contributed by atoms with Crippen molar-refractivity contribution in [2.75, 3.05) is 0 Å². The number of hydrogen-bond donors (Lipinski definition) is 3. The summed E-state index contributed by atoms with van der Waals surface area (Å²) in [5.41, 5.74) is 6.41. The average Bonchev–Trinajstić information content (AvgIpc) is 2.06. The van der Waals surface area contributed by atoms with Gasteiger partial charge in [-0.15, -0.1) is 12.6 Å². The smallest absolute Gasteiger partial charge is 0.0626 e. The van der Waals surface area contributed by atoms with Crippen LogP contribution in [0.3, 0.4) is 0 Å². The molecule has 1 aromatic carbocycles. The summed E-state index contributed by atoms with van der Waals surface area (Å²) < 4.78 is 0. The highest BCUT2D eigenvalue weighted by molar-refractivity contribution is 7.80. The van der Waals surface area contributed by atoms with Crippen LogP contribution in [0.5, 0.6) is 0 Å². The molecule has 0 aliphatic heterocycles. The molecule has 3 heteroatoms. The van der Waals surface area contributed by atoms with Crippen LogP contribution in [0.2, 0.25) is 0 Å². The quantitative estimate of drug-likeness (QED) is 0.469. The van der Waals surface area contributed by atoms with Gasteiger partial charge < -0.3 is 11.1 Å². The van der Waals surface area contributed by atoms with Crippen molar-refractivity contribution in [3.63, 3.8) is 0 Å². The molecule has 0 heterocycles. The van der Waals surface area contributed by atoms with Crippen LogP contribution in [0.25, 0.3) is 0 Å². The number of hydrogen-bond acceptors (Lipinski definition) is 3. The predicted molar refractivity (Wildman–Crippen MR) is 53.9 cm³/mol. The minimum Gasteiger partial charge on any atom is -0.405 e. The third-order valence-electron chi connectivity index (χ3n) is 1.44. The van der Waals surface area contributed by atoms with Crippen LogP contribution in [-0.4, -0.2) is 5.71 Å². The highest BCUT2D eigenvalue weighted by atomic mass is 32.1. The standard InChI is InChI=1S/C9H10N2S/c10-6-5-9(11)7-1-3-8(12)4-2-7/h1-6,11-12H,10H2/b6-5-,11-9?. The average molecular weight is 178 g/mol. The Labute approximate surface area is 77.0 Å². The minimum atomic E-state index is 0.408. The van der Waals surface area contributed by atoms with Crippen molar-refractivity contribution in [3.8, 4) is 0 Å². The van der Waals surface area contributed by atoms with Crippen LogP contribution in [0, 0.1) is 5.41 Å². The van der Waals surface area contributed by atoms with Crippen molar-refractivity contribution in [1.29, 1.82) is 5.41 Å². The predicted octanol–water partition coefficient (Wildman–Crippen LogP) is 1.82. The third kappa shape index (κ3) is 2.13. The van der Waals surface area contributed by atoms with Crippen LogP contribution in [0.4, 0.5) is 0 Å². The van der Waals surface area contributed by atoms with Gasteiger partial charge in [-0.2, -0.15) is 0 Å². The number of allylic oxidation sites excluding steroid dienone is 1. The van der Waals surface area contributed by atoms with Gasteiger partial charge >= 0.3 is 0 Å². The molecule has 0 atom stereocenters. The van der Waals surface area contributed by atoms with Crippen molar-refractivity contribution < 1.29 is 0 Å². The van der Waals surface area contributed by atoms with E-state index in [1.54, 1.807) is 6.08 Å². The van der Waals surface area contributed by atoms with Gasteiger partial charge in [-0.3, -0.25) is 0 Å². The van der Waals surface area contributed by atoms with Crippen LogP contribution in [-0.2, 0) is 0 Å². The zero-order valence-corrected chi connectivity index (χ0v) is 7.38. The van der Waals surface area contributed by atoms with E-state index in [0.29, 0.717) is 5.71 Å². The lowest BCUT2D eigenvalue weighted by Crippen LogP contribution is -1.94. The fourth-order valence-corrected chi connectivity index (χ4v) is 0.983. The second kappa shape index (κ2) is 3.97. The SMILES string of the molecule is N=C(/C=C\N)c1ccc(S)cc1. The van der Waals surface area contributed by atoms with E-state index in [9.17, 15) is 0 Å². The molecule has 0 aliphatic carbocycles. The second-order valence-corrected chi connectivity index (χ2v) is 2.84. The Kier molecular flexibility index (Phi) is 2.94. The van der Waals surface area contributed by atoms with Gasteiger partial charge in [0.2, 0.25) is 0 Å². The molecular weight excluding hydrogens is 168 g/mol. The van der Waals surface area contributed by atoms with Crippen LogP contribution in [0.15, 0.2) is 41.4 Å². The maximum atomic E-state index is 7.51. The summed E-state index contributed by atoms with van der Waals surface area (Å²) in [6, 6.07) is 7.37. The van der Waals surface area contributed by atoms with E-state index in [1.165, 1.54) is 6.20 Å². The molecule has 0 fully saturated rings. The summed E-state index contributed by atoms with van der Waals surface area (Å²) in [7, 11) is 0. The number of rotatable bonds is 2. The molecule has 0 spiro atoms. The van der Waals surface area contributed by atoms with E-state index >= 15 is 0 Å². The molecule has 1 rings (SSSR count). The van der Waals surface area contributed by atoms with E-state index in [0.717, 1.165) is 10.5 Å². The van der Waals surface area contributed by atoms with Crippen molar-refractivity contribution in [2.24, 2.45) is 5.73 Å². The minimum absolute atomic E-state index is 0.408. The van der Waals surface area contributed by atoms with Crippen molar-refractivity contribution in [2.45, 2.75) is 4.90 Å². The van der Waals surface area contributed by atoms with Crippen LogP contribution >= 0.6 is 12.6 Å². The van der Waals surface area contributed by atoms with Crippen molar-refractivity contribution in [1.82, 2.24) is 0 Å². The van der Waals surface area contributed by atoms with Gasteiger partial charge in [-0.1, -0.05) is 12.1 Å². The van der Waals surface area contributed by atoms with Crippen LogP contribution in [0.1, 0.15) is 5.56 Å². The molecule has 1 aromatic rings. The van der Waals surface area contributed by atoms with Gasteiger partial charge in [0.1, 0.15) is 0 Å². The molecule has 0 radical (unpaired) electrons. The van der Waals surface area contributed by atoms with Gasteiger partial charge in [0.15, 0.2) is 0 Å². The molecule has 0 aliphatic rings. The number of thiol groups is 1. The summed E-state index contributed by atoms with van der Waals surface area (Å²) in [6.07, 6.45) is 2.91. The Bertz CT molecular complexity index is 301. The van der Waals surface area contributed by atoms with E-state index in [1.807, 2.05) is 24.3 Å². The van der Waals surface area contributed by atoms with Gasteiger partial charge in [0.25, 0.3) is 0 Å². The van der Waals surface area contributed by atoms with Crippen molar-refractivity contribution >= 4 is 18.3 Å². The first kappa shape index (κ1) is 8.87. The summed E-state index contributed by atoms with van der Waals surface area (Å²) in [5, 5.41) is 7.51. The molecule has 62 valence electrons. The maximum Gasteiger partial charge on any atom is 0.0626 e. The first-order valence-electron chi connectivity index (χ1n) is 3.50. The number of nitrogens with one attached hydrogen (secondary N) is 1. The summed E-state index contributed by atoms with van der Waals surface area (Å²) in [6.45, 7) is 0. The summed E-state index contributed by atoms with van der Waals surface area (Å²) in [4.78, 5) is 0.892. The normalized spacial score (nSPS) is 10.4. The molecule has 0 aromatic heterocycles. The van der Waals surface area contributed by atoms with Gasteiger partial charge in [0.05, 0.1) is 5.71 Å². The topological polar surface area (TPSA) is 49.9 Å². The fourth-order valence-electron chi connectivity index (χ4n) is 0.833. The monoisotopic (exact) mass is 178 g/mol. The lowest BCUT2D eigenvalue weighted by Gasteiger charge is -1.97. The Morgan fingerprint density at radius 3 is 2.42 bits per heavy atom.